The van der Waals surface area contributed by atoms with Gasteiger partial charge >= 0.3 is 0 Å². The Labute approximate surface area is 165 Å². The van der Waals surface area contributed by atoms with Crippen LogP contribution in [0, 0.1) is 0 Å². The highest BCUT2D eigenvalue weighted by molar-refractivity contribution is 5.89. The molecule has 0 radical (unpaired) electrons. The Morgan fingerprint density at radius 1 is 1.14 bits per heavy atom. The van der Waals surface area contributed by atoms with E-state index in [1.807, 2.05) is 18.0 Å². The van der Waals surface area contributed by atoms with Gasteiger partial charge in [-0.2, -0.15) is 5.10 Å². The van der Waals surface area contributed by atoms with E-state index in [1.165, 1.54) is 10.9 Å². The van der Waals surface area contributed by atoms with Crippen LogP contribution in [0.4, 0.5) is 0 Å². The Hall–Kier alpha value is -2.67. The van der Waals surface area contributed by atoms with Crippen LogP contribution < -0.4 is 0 Å². The van der Waals surface area contributed by atoms with Crippen LogP contribution in [0.3, 0.4) is 0 Å². The normalized spacial score (nSPS) is 15.7. The fraction of sp³-hybridized carbons (Fsp3) is 0.476. The van der Waals surface area contributed by atoms with Gasteiger partial charge in [-0.25, -0.2) is 4.98 Å². The Kier molecular flexibility index (Phi) is 4.93. The van der Waals surface area contributed by atoms with E-state index in [4.69, 9.17) is 0 Å². The lowest BCUT2D eigenvalue weighted by atomic mass is 10.0. The molecule has 1 saturated heterocycles. The van der Waals surface area contributed by atoms with E-state index in [-0.39, 0.29) is 5.91 Å². The van der Waals surface area contributed by atoms with Crippen molar-refractivity contribution in [2.24, 2.45) is 7.05 Å². The fourth-order valence-electron chi connectivity index (χ4n) is 3.83. The summed E-state index contributed by atoms with van der Waals surface area (Å²) < 4.78 is 3.81. The first-order chi connectivity index (χ1) is 13.4. The van der Waals surface area contributed by atoms with Gasteiger partial charge in [0.25, 0.3) is 0 Å². The first-order valence-electron chi connectivity index (χ1n) is 9.87. The molecule has 4 rings (SSSR count). The van der Waals surface area contributed by atoms with Crippen molar-refractivity contribution in [2.45, 2.75) is 26.3 Å². The third kappa shape index (κ3) is 3.54. The summed E-state index contributed by atoms with van der Waals surface area (Å²) in [6.45, 7) is 8.25. The van der Waals surface area contributed by atoms with Gasteiger partial charge in [-0.1, -0.05) is 13.8 Å². The molecule has 3 heterocycles. The second-order valence-electron chi connectivity index (χ2n) is 8.02. The number of likely N-dealkylation sites (N-methyl/N-ethyl adjacent to an activating group) is 1. The molecule has 0 spiro atoms. The number of fused-ring (bicyclic) bond motifs is 1. The van der Waals surface area contributed by atoms with Gasteiger partial charge in [0.2, 0.25) is 5.91 Å². The predicted octanol–water partition coefficient (Wildman–Crippen LogP) is 2.33. The lowest BCUT2D eigenvalue weighted by Crippen LogP contribution is -2.48. The number of carbonyl (C=O) groups is 1. The molecule has 0 aliphatic carbocycles. The number of hydrogen-bond donors (Lipinski definition) is 0. The highest BCUT2D eigenvalue weighted by Gasteiger charge is 2.21. The predicted molar refractivity (Wildman–Crippen MR) is 110 cm³/mol. The molecule has 0 N–H and O–H groups in total. The Morgan fingerprint density at radius 3 is 2.54 bits per heavy atom. The van der Waals surface area contributed by atoms with Gasteiger partial charge in [0.05, 0.1) is 0 Å². The molecule has 0 saturated carbocycles. The summed E-state index contributed by atoms with van der Waals surface area (Å²) in [5.41, 5.74) is 3.34. The maximum absolute atomic E-state index is 12.9. The number of rotatable bonds is 4. The van der Waals surface area contributed by atoms with Crippen LogP contribution >= 0.6 is 0 Å². The standard InChI is InChI=1S/C21H28N6O/c1-15(2)18-12-27(13-20(28)26-9-7-24(3)8-10-26)19-6-5-16(11-17(18)19)21-22-14-25(4)23-21/h5-6,11-12,14-15H,7-10,13H2,1-4H3. The number of benzene rings is 1. The number of aryl methyl sites for hydroxylation is 1. The van der Waals surface area contributed by atoms with Crippen molar-refractivity contribution < 1.29 is 4.79 Å². The SMILES string of the molecule is CC(C)c1cn(CC(=O)N2CCN(C)CC2)c2ccc(-c3ncn(C)n3)cc12. The molecule has 3 aromatic rings. The molecule has 0 atom stereocenters. The smallest absolute Gasteiger partial charge is 0.242 e. The van der Waals surface area contributed by atoms with E-state index in [9.17, 15) is 4.79 Å². The summed E-state index contributed by atoms with van der Waals surface area (Å²) in [5, 5.41) is 5.59. The van der Waals surface area contributed by atoms with E-state index < -0.39 is 0 Å². The number of hydrogen-bond acceptors (Lipinski definition) is 4. The number of aromatic nitrogens is 4. The van der Waals surface area contributed by atoms with Crippen molar-refractivity contribution in [2.75, 3.05) is 33.2 Å². The molecule has 1 aliphatic rings. The third-order valence-corrected chi connectivity index (χ3v) is 5.55. The molecule has 7 nitrogen and oxygen atoms in total. The second-order valence-corrected chi connectivity index (χ2v) is 8.02. The van der Waals surface area contributed by atoms with Gasteiger partial charge in [0, 0.05) is 55.9 Å². The highest BCUT2D eigenvalue weighted by atomic mass is 16.2. The van der Waals surface area contributed by atoms with Gasteiger partial charge in [0.1, 0.15) is 12.9 Å². The Bertz CT molecular complexity index is 994. The summed E-state index contributed by atoms with van der Waals surface area (Å²) in [7, 11) is 3.97. The van der Waals surface area contributed by atoms with Crippen molar-refractivity contribution in [1.29, 1.82) is 0 Å². The summed E-state index contributed by atoms with van der Waals surface area (Å²) in [4.78, 5) is 21.5. The van der Waals surface area contributed by atoms with Gasteiger partial charge < -0.3 is 14.4 Å². The minimum absolute atomic E-state index is 0.191. The molecule has 28 heavy (non-hydrogen) atoms. The monoisotopic (exact) mass is 380 g/mol. The minimum atomic E-state index is 0.191. The van der Waals surface area contributed by atoms with Crippen molar-refractivity contribution >= 4 is 16.8 Å². The van der Waals surface area contributed by atoms with E-state index in [2.05, 4.69) is 58.8 Å². The van der Waals surface area contributed by atoms with Crippen LogP contribution in [0.2, 0.25) is 0 Å². The molecule has 0 bridgehead atoms. The zero-order valence-corrected chi connectivity index (χ0v) is 17.1. The Balaban J connectivity index is 1.66. The average Bonchev–Trinajstić information content (AvgIpc) is 3.26. The second kappa shape index (κ2) is 7.39. The summed E-state index contributed by atoms with van der Waals surface area (Å²) in [5.74, 6) is 1.28. The van der Waals surface area contributed by atoms with Gasteiger partial charge in [0.15, 0.2) is 5.82 Å². The molecule has 1 amide bonds. The lowest BCUT2D eigenvalue weighted by molar-refractivity contribution is -0.133. The molecule has 148 valence electrons. The number of piperazine rings is 1. The van der Waals surface area contributed by atoms with Crippen LogP contribution in [0.1, 0.15) is 25.3 Å². The minimum Gasteiger partial charge on any atom is -0.339 e. The van der Waals surface area contributed by atoms with E-state index in [0.29, 0.717) is 12.5 Å². The lowest BCUT2D eigenvalue weighted by Gasteiger charge is -2.32. The van der Waals surface area contributed by atoms with Crippen LogP contribution in [-0.2, 0) is 18.4 Å². The highest BCUT2D eigenvalue weighted by Crippen LogP contribution is 2.31. The van der Waals surface area contributed by atoms with Crippen LogP contribution in [0.15, 0.2) is 30.7 Å². The first kappa shape index (κ1) is 18.7. The Morgan fingerprint density at radius 2 is 1.89 bits per heavy atom. The topological polar surface area (TPSA) is 59.2 Å². The maximum atomic E-state index is 12.9. The van der Waals surface area contributed by atoms with E-state index in [0.717, 1.165) is 43.1 Å². The molecule has 1 fully saturated rings. The van der Waals surface area contributed by atoms with Gasteiger partial charge in [-0.05, 0) is 36.7 Å². The largest absolute Gasteiger partial charge is 0.339 e. The summed E-state index contributed by atoms with van der Waals surface area (Å²) in [6.07, 6.45) is 3.85. The molecular formula is C21H28N6O. The van der Waals surface area contributed by atoms with Crippen molar-refractivity contribution in [3.63, 3.8) is 0 Å². The van der Waals surface area contributed by atoms with E-state index >= 15 is 0 Å². The van der Waals surface area contributed by atoms with Crippen molar-refractivity contribution in [3.8, 4) is 11.4 Å². The van der Waals surface area contributed by atoms with Crippen molar-refractivity contribution in [3.05, 3.63) is 36.3 Å². The van der Waals surface area contributed by atoms with Gasteiger partial charge in [-0.15, -0.1) is 0 Å². The number of carbonyl (C=O) groups excluding carboxylic acids is 1. The summed E-state index contributed by atoms with van der Waals surface area (Å²) >= 11 is 0. The van der Waals surface area contributed by atoms with E-state index in [1.54, 1.807) is 11.0 Å². The molecule has 1 aromatic carbocycles. The molecule has 7 heteroatoms. The molecule has 2 aromatic heterocycles. The maximum Gasteiger partial charge on any atom is 0.242 e. The first-order valence-corrected chi connectivity index (χ1v) is 9.87. The zero-order valence-electron chi connectivity index (χ0n) is 17.1. The van der Waals surface area contributed by atoms with Crippen LogP contribution in [0.5, 0.6) is 0 Å². The molecule has 0 unspecified atom stereocenters. The number of nitrogens with zero attached hydrogens (tertiary/aromatic N) is 6. The average molecular weight is 380 g/mol. The van der Waals surface area contributed by atoms with Crippen LogP contribution in [-0.4, -0.2) is 68.3 Å². The molecular weight excluding hydrogens is 352 g/mol. The third-order valence-electron chi connectivity index (χ3n) is 5.55. The van der Waals surface area contributed by atoms with Gasteiger partial charge in [-0.3, -0.25) is 9.48 Å². The van der Waals surface area contributed by atoms with Crippen molar-refractivity contribution in [1.82, 2.24) is 29.1 Å². The number of amides is 1. The fourth-order valence-corrected chi connectivity index (χ4v) is 3.83. The summed E-state index contributed by atoms with van der Waals surface area (Å²) in [6, 6.07) is 6.28. The van der Waals surface area contributed by atoms with Crippen LogP contribution in [0.25, 0.3) is 22.3 Å². The quantitative estimate of drug-likeness (QED) is 0.697. The molecule has 1 aliphatic heterocycles. The zero-order chi connectivity index (χ0) is 19.8.